The summed E-state index contributed by atoms with van der Waals surface area (Å²) in [5, 5.41) is 10.0. The predicted octanol–water partition coefficient (Wildman–Crippen LogP) is 3.61. The SMILES string of the molecule is COc1cc2c(cc1Nc1nc(Nc3cc(F)cc(F)c3C(N)=O)c3cc[nH]c3[nH+]1)NCCC2. The molecule has 0 spiro atoms. The second-order valence-electron chi connectivity index (χ2n) is 7.86. The van der Waals surface area contributed by atoms with E-state index in [4.69, 9.17) is 10.5 Å². The van der Waals surface area contributed by atoms with E-state index in [0.29, 0.717) is 34.5 Å². The highest BCUT2D eigenvalue weighted by Gasteiger charge is 2.22. The highest BCUT2D eigenvalue weighted by atomic mass is 19.1. The van der Waals surface area contributed by atoms with Crippen LogP contribution in [0.2, 0.25) is 0 Å². The summed E-state index contributed by atoms with van der Waals surface area (Å²) in [7, 11) is 1.59. The predicted molar refractivity (Wildman–Crippen MR) is 124 cm³/mol. The van der Waals surface area contributed by atoms with E-state index in [1.54, 1.807) is 19.4 Å². The zero-order valence-electron chi connectivity index (χ0n) is 18.2. The first-order valence-corrected chi connectivity index (χ1v) is 10.6. The number of aromatic amines is 2. The molecule has 174 valence electrons. The van der Waals surface area contributed by atoms with Gasteiger partial charge in [0.05, 0.1) is 23.7 Å². The van der Waals surface area contributed by atoms with E-state index in [-0.39, 0.29) is 11.5 Å². The Morgan fingerprint density at radius 3 is 2.85 bits per heavy atom. The number of fused-ring (bicyclic) bond motifs is 2. The summed E-state index contributed by atoms with van der Waals surface area (Å²) >= 11 is 0. The molecule has 0 radical (unpaired) electrons. The third kappa shape index (κ3) is 3.91. The zero-order chi connectivity index (χ0) is 23.8. The summed E-state index contributed by atoms with van der Waals surface area (Å²) in [5.74, 6) is -1.74. The number of methoxy groups -OCH3 is 1. The Kier molecular flexibility index (Phi) is 5.36. The van der Waals surface area contributed by atoms with Crippen LogP contribution in [0, 0.1) is 11.6 Å². The lowest BCUT2D eigenvalue weighted by Gasteiger charge is -2.20. The average Bonchev–Trinajstić information content (AvgIpc) is 3.27. The number of amides is 1. The van der Waals surface area contributed by atoms with Crippen molar-refractivity contribution in [2.45, 2.75) is 12.8 Å². The van der Waals surface area contributed by atoms with Gasteiger partial charge in [-0.3, -0.25) is 15.1 Å². The van der Waals surface area contributed by atoms with Crippen LogP contribution in [-0.2, 0) is 6.42 Å². The Labute approximate surface area is 192 Å². The molecule has 0 aliphatic carbocycles. The second kappa shape index (κ2) is 8.50. The number of aryl methyl sites for hydroxylation is 1. The van der Waals surface area contributed by atoms with Crippen molar-refractivity contribution in [1.29, 1.82) is 0 Å². The van der Waals surface area contributed by atoms with Crippen molar-refractivity contribution in [3.63, 3.8) is 0 Å². The van der Waals surface area contributed by atoms with Gasteiger partial charge in [-0.2, -0.15) is 0 Å². The number of halogens is 2. The van der Waals surface area contributed by atoms with Gasteiger partial charge in [-0.1, -0.05) is 4.98 Å². The molecule has 4 aromatic rings. The first-order chi connectivity index (χ1) is 16.4. The van der Waals surface area contributed by atoms with E-state index in [0.717, 1.165) is 31.1 Å². The van der Waals surface area contributed by atoms with Crippen LogP contribution in [0.25, 0.3) is 11.0 Å². The number of ether oxygens (including phenoxy) is 1. The summed E-state index contributed by atoms with van der Waals surface area (Å²) < 4.78 is 33.7. The minimum Gasteiger partial charge on any atom is -0.493 e. The van der Waals surface area contributed by atoms with Crippen molar-refractivity contribution in [2.75, 3.05) is 29.6 Å². The van der Waals surface area contributed by atoms with Gasteiger partial charge < -0.3 is 21.1 Å². The second-order valence-corrected chi connectivity index (χ2v) is 7.86. The van der Waals surface area contributed by atoms with Crippen LogP contribution in [0.4, 0.5) is 37.6 Å². The Bertz CT molecular complexity index is 1420. The fourth-order valence-electron chi connectivity index (χ4n) is 4.08. The van der Waals surface area contributed by atoms with Gasteiger partial charge in [0.2, 0.25) is 11.5 Å². The summed E-state index contributed by atoms with van der Waals surface area (Å²) in [6, 6.07) is 7.25. The van der Waals surface area contributed by atoms with E-state index < -0.39 is 23.1 Å². The number of hydrogen-bond acceptors (Lipinski definition) is 6. The summed E-state index contributed by atoms with van der Waals surface area (Å²) in [6.07, 6.45) is 3.69. The van der Waals surface area contributed by atoms with E-state index in [2.05, 4.69) is 30.9 Å². The molecule has 0 saturated heterocycles. The normalized spacial score (nSPS) is 12.7. The van der Waals surface area contributed by atoms with Gasteiger partial charge in [-0.25, -0.2) is 13.8 Å². The number of nitrogens with one attached hydrogen (secondary N) is 5. The van der Waals surface area contributed by atoms with Gasteiger partial charge in [-0.15, -0.1) is 0 Å². The number of aromatic nitrogens is 3. The van der Waals surface area contributed by atoms with Crippen LogP contribution in [0.15, 0.2) is 36.5 Å². The van der Waals surface area contributed by atoms with E-state index >= 15 is 0 Å². The largest absolute Gasteiger partial charge is 0.493 e. The minimum absolute atomic E-state index is 0.132. The first-order valence-electron chi connectivity index (χ1n) is 10.6. The molecule has 9 nitrogen and oxygen atoms in total. The molecular weight excluding hydrogens is 444 g/mol. The number of rotatable bonds is 6. The molecule has 3 heterocycles. The quantitative estimate of drug-likeness (QED) is 0.295. The van der Waals surface area contributed by atoms with Crippen molar-refractivity contribution < 1.29 is 23.3 Å². The fourth-order valence-corrected chi connectivity index (χ4v) is 4.08. The van der Waals surface area contributed by atoms with E-state index in [1.807, 2.05) is 12.1 Å². The molecule has 2 aromatic heterocycles. The highest BCUT2D eigenvalue weighted by molar-refractivity contribution is 6.00. The Balaban J connectivity index is 1.56. The highest BCUT2D eigenvalue weighted by Crippen LogP contribution is 2.35. The zero-order valence-corrected chi connectivity index (χ0v) is 18.2. The lowest BCUT2D eigenvalue weighted by molar-refractivity contribution is -0.333. The number of primary amides is 1. The van der Waals surface area contributed by atoms with E-state index in [9.17, 15) is 13.6 Å². The molecule has 1 aliphatic rings. The average molecular weight is 466 g/mol. The Morgan fingerprint density at radius 2 is 2.06 bits per heavy atom. The monoisotopic (exact) mass is 466 g/mol. The maximum Gasteiger partial charge on any atom is 0.351 e. The third-order valence-corrected chi connectivity index (χ3v) is 5.64. The molecule has 1 aliphatic heterocycles. The van der Waals surface area contributed by atoms with Crippen LogP contribution >= 0.6 is 0 Å². The maximum absolute atomic E-state index is 14.3. The van der Waals surface area contributed by atoms with Gasteiger partial charge in [0.25, 0.3) is 5.91 Å². The lowest BCUT2D eigenvalue weighted by atomic mass is 10.0. The van der Waals surface area contributed by atoms with Crippen LogP contribution in [0.5, 0.6) is 5.75 Å². The molecular formula is C23H22F2N7O2+. The summed E-state index contributed by atoms with van der Waals surface area (Å²) in [6.45, 7) is 0.887. The number of carbonyl (C=O) groups is 1. The Hall–Kier alpha value is -4.41. The smallest absolute Gasteiger partial charge is 0.351 e. The summed E-state index contributed by atoms with van der Waals surface area (Å²) in [5.41, 5.74) is 8.17. The molecule has 0 saturated carbocycles. The number of benzene rings is 2. The van der Waals surface area contributed by atoms with Crippen LogP contribution < -0.4 is 31.4 Å². The molecule has 5 rings (SSSR count). The number of H-pyrrole nitrogens is 2. The first kappa shape index (κ1) is 21.4. The Morgan fingerprint density at radius 1 is 1.21 bits per heavy atom. The minimum atomic E-state index is -1.06. The van der Waals surface area contributed by atoms with Crippen molar-refractivity contribution in [3.05, 3.63) is 59.3 Å². The fraction of sp³-hybridized carbons (Fsp3) is 0.174. The molecule has 34 heavy (non-hydrogen) atoms. The molecule has 0 atom stereocenters. The number of carbonyl (C=O) groups excluding carboxylic acids is 1. The summed E-state index contributed by atoms with van der Waals surface area (Å²) in [4.78, 5) is 22.5. The van der Waals surface area contributed by atoms with Gasteiger partial charge in [0.15, 0.2) is 5.75 Å². The molecule has 2 aromatic carbocycles. The molecule has 0 fully saturated rings. The molecule has 0 bridgehead atoms. The van der Waals surface area contributed by atoms with Crippen molar-refractivity contribution >= 4 is 45.8 Å². The van der Waals surface area contributed by atoms with E-state index in [1.165, 1.54) is 5.56 Å². The van der Waals surface area contributed by atoms with Gasteiger partial charge in [0.1, 0.15) is 17.3 Å². The van der Waals surface area contributed by atoms with Gasteiger partial charge in [0, 0.05) is 30.6 Å². The lowest BCUT2D eigenvalue weighted by Crippen LogP contribution is -2.18. The number of hydrogen-bond donors (Lipinski definition) is 5. The third-order valence-electron chi connectivity index (χ3n) is 5.64. The number of anilines is 5. The topological polar surface area (TPSA) is 131 Å². The van der Waals surface area contributed by atoms with Crippen molar-refractivity contribution in [3.8, 4) is 5.75 Å². The maximum atomic E-state index is 14.3. The number of nitrogens with two attached hydrogens (primary N) is 1. The molecule has 1 amide bonds. The molecule has 11 heteroatoms. The van der Waals surface area contributed by atoms with Crippen LogP contribution in [0.1, 0.15) is 22.3 Å². The van der Waals surface area contributed by atoms with Crippen LogP contribution in [0.3, 0.4) is 0 Å². The standard InChI is InChI=1S/C23H21F2N7O2/c1-34-18-7-11-3-2-5-27-15(11)10-16(18)30-23-31-21-13(4-6-28-21)22(32-23)29-17-9-12(24)8-14(25)19(17)20(26)33/h4,6-10,27H,2-3,5H2,1H3,(H2,26,33)(H3,28,29,30,31,32)/p+1. The van der Waals surface area contributed by atoms with Crippen molar-refractivity contribution in [1.82, 2.24) is 9.97 Å². The van der Waals surface area contributed by atoms with Crippen molar-refractivity contribution in [2.24, 2.45) is 5.73 Å². The molecule has 0 unspecified atom stereocenters. The number of nitrogens with zero attached hydrogens (tertiary/aromatic N) is 1. The van der Waals surface area contributed by atoms with Crippen LogP contribution in [-0.4, -0.2) is 29.5 Å². The van der Waals surface area contributed by atoms with Gasteiger partial charge in [-0.05, 0) is 36.6 Å². The van der Waals surface area contributed by atoms with Gasteiger partial charge >= 0.3 is 5.95 Å². The molecule has 7 N–H and O–H groups in total.